The summed E-state index contributed by atoms with van der Waals surface area (Å²) in [7, 11) is 0. The van der Waals surface area contributed by atoms with Crippen LogP contribution in [0.25, 0.3) is 0 Å². The van der Waals surface area contributed by atoms with Crippen LogP contribution in [0.15, 0.2) is 10.7 Å². The molecule has 1 atom stereocenters. The van der Waals surface area contributed by atoms with Crippen molar-refractivity contribution in [3.63, 3.8) is 0 Å². The summed E-state index contributed by atoms with van der Waals surface area (Å²) in [6.45, 7) is 11.2. The highest BCUT2D eigenvalue weighted by molar-refractivity contribution is 9.10. The molecule has 5 heteroatoms. The topological polar surface area (TPSA) is 53.1 Å². The highest BCUT2D eigenvalue weighted by atomic mass is 79.9. The van der Waals surface area contributed by atoms with Gasteiger partial charge in [-0.3, -0.25) is 4.68 Å². The van der Waals surface area contributed by atoms with E-state index in [2.05, 4.69) is 48.7 Å². The van der Waals surface area contributed by atoms with Crippen LogP contribution in [0.1, 0.15) is 65.2 Å². The molecule has 0 radical (unpaired) electrons. The molecule has 0 saturated heterocycles. The monoisotopic (exact) mass is 331 g/mol. The predicted octanol–water partition coefficient (Wildman–Crippen LogP) is 3.82. The van der Waals surface area contributed by atoms with Crippen LogP contribution in [0.3, 0.4) is 0 Å². The van der Waals surface area contributed by atoms with E-state index in [1.807, 2.05) is 17.8 Å². The van der Waals surface area contributed by atoms with E-state index in [1.165, 1.54) is 0 Å². The first-order valence-electron chi connectivity index (χ1n) is 7.05. The van der Waals surface area contributed by atoms with Crippen molar-refractivity contribution >= 4 is 15.9 Å². The van der Waals surface area contributed by atoms with E-state index < -0.39 is 0 Å². The number of ether oxygens (including phenoxy) is 1. The zero-order chi connectivity index (χ0) is 14.6. The van der Waals surface area contributed by atoms with Gasteiger partial charge in [0.05, 0.1) is 28.0 Å². The van der Waals surface area contributed by atoms with E-state index in [0.717, 1.165) is 23.0 Å². The van der Waals surface area contributed by atoms with Crippen molar-refractivity contribution in [1.29, 1.82) is 0 Å². The van der Waals surface area contributed by atoms with Crippen LogP contribution in [0.5, 0.6) is 0 Å². The molecule has 19 heavy (non-hydrogen) atoms. The van der Waals surface area contributed by atoms with Gasteiger partial charge in [-0.15, -0.1) is 0 Å². The lowest BCUT2D eigenvalue weighted by molar-refractivity contribution is -0.0665. The maximum Gasteiger partial charge on any atom is 0.0884 e. The standard InChI is InChI=1S/C14H26BrN3O/c1-6-14(7-2,19-8-3)13(16)12-11(15)9-17-18(12)10(4)5/h9-10,13H,6-8,16H2,1-5H3. The number of hydrogen-bond acceptors (Lipinski definition) is 3. The van der Waals surface area contributed by atoms with Crippen molar-refractivity contribution in [2.24, 2.45) is 5.73 Å². The van der Waals surface area contributed by atoms with Gasteiger partial charge in [-0.25, -0.2) is 0 Å². The zero-order valence-corrected chi connectivity index (χ0v) is 14.2. The van der Waals surface area contributed by atoms with Gasteiger partial charge in [-0.1, -0.05) is 13.8 Å². The highest BCUT2D eigenvalue weighted by Gasteiger charge is 2.38. The highest BCUT2D eigenvalue weighted by Crippen LogP contribution is 2.37. The third-order valence-corrected chi connectivity index (χ3v) is 4.38. The normalized spacial score (nSPS) is 14.1. The Morgan fingerprint density at radius 3 is 2.37 bits per heavy atom. The third kappa shape index (κ3) is 3.20. The van der Waals surface area contributed by atoms with Gasteiger partial charge in [0, 0.05) is 12.6 Å². The van der Waals surface area contributed by atoms with Gasteiger partial charge in [0.15, 0.2) is 0 Å². The van der Waals surface area contributed by atoms with E-state index in [9.17, 15) is 0 Å². The number of rotatable bonds is 7. The van der Waals surface area contributed by atoms with Crippen LogP contribution in [-0.4, -0.2) is 22.0 Å². The Labute approximate surface area is 124 Å². The molecule has 0 aliphatic rings. The van der Waals surface area contributed by atoms with Crippen molar-refractivity contribution in [3.8, 4) is 0 Å². The van der Waals surface area contributed by atoms with E-state index in [-0.39, 0.29) is 17.7 Å². The molecule has 0 saturated carbocycles. The van der Waals surface area contributed by atoms with E-state index in [4.69, 9.17) is 10.5 Å². The lowest BCUT2D eigenvalue weighted by Gasteiger charge is -2.38. The SMILES string of the molecule is CCOC(CC)(CC)C(N)c1c(Br)cnn1C(C)C. The average Bonchev–Trinajstić information content (AvgIpc) is 2.77. The molecule has 4 nitrogen and oxygen atoms in total. The molecule has 0 spiro atoms. The van der Waals surface area contributed by atoms with Gasteiger partial charge < -0.3 is 10.5 Å². The largest absolute Gasteiger partial charge is 0.373 e. The van der Waals surface area contributed by atoms with Crippen molar-refractivity contribution in [3.05, 3.63) is 16.4 Å². The molecule has 0 amide bonds. The molecule has 1 aromatic heterocycles. The Balaban J connectivity index is 3.23. The quantitative estimate of drug-likeness (QED) is 0.826. The van der Waals surface area contributed by atoms with Crippen LogP contribution in [0.2, 0.25) is 0 Å². The second-order valence-corrected chi connectivity index (χ2v) is 5.95. The van der Waals surface area contributed by atoms with Crippen molar-refractivity contribution in [2.75, 3.05) is 6.61 Å². The van der Waals surface area contributed by atoms with Crippen molar-refractivity contribution < 1.29 is 4.74 Å². The number of hydrogen-bond donors (Lipinski definition) is 1. The second kappa shape index (κ2) is 6.86. The van der Waals surface area contributed by atoms with Gasteiger partial charge in [-0.05, 0) is 49.5 Å². The summed E-state index contributed by atoms with van der Waals surface area (Å²) in [4.78, 5) is 0. The van der Waals surface area contributed by atoms with Crippen LogP contribution in [-0.2, 0) is 4.74 Å². The summed E-state index contributed by atoms with van der Waals surface area (Å²) in [6, 6.07) is 0.0853. The molecule has 1 unspecified atom stereocenters. The molecule has 0 aromatic carbocycles. The molecular formula is C14H26BrN3O. The molecule has 0 aliphatic carbocycles. The molecule has 1 aromatic rings. The molecule has 1 heterocycles. The average molecular weight is 332 g/mol. The summed E-state index contributed by atoms with van der Waals surface area (Å²) >= 11 is 3.57. The third-order valence-electron chi connectivity index (χ3n) is 3.77. The Morgan fingerprint density at radius 1 is 1.37 bits per heavy atom. The fourth-order valence-corrected chi connectivity index (χ4v) is 3.09. The van der Waals surface area contributed by atoms with E-state index in [1.54, 1.807) is 0 Å². The summed E-state index contributed by atoms with van der Waals surface area (Å²) in [5.74, 6) is 0. The Hall–Kier alpha value is -0.390. The first-order valence-corrected chi connectivity index (χ1v) is 7.85. The first-order chi connectivity index (χ1) is 8.93. The number of nitrogens with two attached hydrogens (primary N) is 1. The van der Waals surface area contributed by atoms with Gasteiger partial charge >= 0.3 is 0 Å². The number of halogens is 1. The Kier molecular flexibility index (Phi) is 6.02. The minimum Gasteiger partial charge on any atom is -0.373 e. The van der Waals surface area contributed by atoms with Crippen LogP contribution < -0.4 is 5.73 Å². The van der Waals surface area contributed by atoms with E-state index in [0.29, 0.717) is 6.61 Å². The molecule has 0 fully saturated rings. The summed E-state index contributed by atoms with van der Waals surface area (Å²) < 4.78 is 8.95. The van der Waals surface area contributed by atoms with Crippen LogP contribution in [0.4, 0.5) is 0 Å². The lowest BCUT2D eigenvalue weighted by atomic mass is 9.86. The minimum absolute atomic E-state index is 0.193. The van der Waals surface area contributed by atoms with Crippen LogP contribution >= 0.6 is 15.9 Å². The summed E-state index contributed by atoms with van der Waals surface area (Å²) in [6.07, 6.45) is 3.58. The van der Waals surface area contributed by atoms with Crippen LogP contribution in [0, 0.1) is 0 Å². The van der Waals surface area contributed by atoms with Gasteiger partial charge in [-0.2, -0.15) is 5.10 Å². The molecule has 110 valence electrons. The van der Waals surface area contributed by atoms with E-state index >= 15 is 0 Å². The molecular weight excluding hydrogens is 306 g/mol. The molecule has 0 aliphatic heterocycles. The molecule has 0 bridgehead atoms. The van der Waals surface area contributed by atoms with Gasteiger partial charge in [0.25, 0.3) is 0 Å². The molecule has 2 N–H and O–H groups in total. The Morgan fingerprint density at radius 2 is 1.95 bits per heavy atom. The second-order valence-electron chi connectivity index (χ2n) is 5.10. The lowest BCUT2D eigenvalue weighted by Crippen LogP contribution is -2.44. The fourth-order valence-electron chi connectivity index (χ4n) is 2.57. The van der Waals surface area contributed by atoms with Gasteiger partial charge in [0.1, 0.15) is 0 Å². The smallest absolute Gasteiger partial charge is 0.0884 e. The first kappa shape index (κ1) is 16.7. The Bertz CT molecular complexity index is 399. The predicted molar refractivity (Wildman–Crippen MR) is 82.2 cm³/mol. The van der Waals surface area contributed by atoms with Crippen molar-refractivity contribution in [2.45, 2.75) is 65.1 Å². The summed E-state index contributed by atoms with van der Waals surface area (Å²) in [5, 5.41) is 4.41. The fraction of sp³-hybridized carbons (Fsp3) is 0.786. The maximum absolute atomic E-state index is 6.55. The number of nitrogens with zero attached hydrogens (tertiary/aromatic N) is 2. The van der Waals surface area contributed by atoms with Gasteiger partial charge in [0.2, 0.25) is 0 Å². The number of aromatic nitrogens is 2. The summed E-state index contributed by atoms with van der Waals surface area (Å²) in [5.41, 5.74) is 7.24. The molecule has 1 rings (SSSR count). The zero-order valence-electron chi connectivity index (χ0n) is 12.6. The maximum atomic E-state index is 6.55. The minimum atomic E-state index is -0.329. The van der Waals surface area contributed by atoms with Crippen molar-refractivity contribution in [1.82, 2.24) is 9.78 Å².